The van der Waals surface area contributed by atoms with E-state index in [1.807, 2.05) is 18.7 Å². The van der Waals surface area contributed by atoms with Crippen molar-refractivity contribution in [1.29, 1.82) is 0 Å². The highest BCUT2D eigenvalue weighted by atomic mass is 16.5. The Bertz CT molecular complexity index is 451. The summed E-state index contributed by atoms with van der Waals surface area (Å²) in [5, 5.41) is 0. The van der Waals surface area contributed by atoms with Gasteiger partial charge in [0.25, 0.3) is 0 Å². The van der Waals surface area contributed by atoms with Crippen molar-refractivity contribution in [2.75, 3.05) is 37.5 Å². The average molecular weight is 281 g/mol. The Labute approximate surface area is 119 Å². The Kier molecular flexibility index (Phi) is 6.24. The van der Waals surface area contributed by atoms with Gasteiger partial charge < -0.3 is 20.1 Å². The first-order valence-electron chi connectivity index (χ1n) is 6.73. The zero-order chi connectivity index (χ0) is 15.1. The van der Waals surface area contributed by atoms with Crippen molar-refractivity contribution < 1.29 is 14.3 Å². The molecule has 6 heteroatoms. The molecule has 0 amide bonds. The van der Waals surface area contributed by atoms with Crippen LogP contribution >= 0.6 is 0 Å². The molecule has 0 fully saturated rings. The van der Waals surface area contributed by atoms with Gasteiger partial charge in [0, 0.05) is 13.7 Å². The van der Waals surface area contributed by atoms with Gasteiger partial charge >= 0.3 is 5.97 Å². The molecule has 0 aliphatic heterocycles. The summed E-state index contributed by atoms with van der Waals surface area (Å²) in [6.07, 6.45) is 1.54. The van der Waals surface area contributed by atoms with Gasteiger partial charge in [-0.2, -0.15) is 0 Å². The zero-order valence-electron chi connectivity index (χ0n) is 12.5. The van der Waals surface area contributed by atoms with Crippen LogP contribution in [0, 0.1) is 0 Å². The predicted octanol–water partition coefficient (Wildman–Crippen LogP) is 1.70. The summed E-state index contributed by atoms with van der Waals surface area (Å²) in [6, 6.07) is 1.69. The van der Waals surface area contributed by atoms with Crippen LogP contribution in [0.2, 0.25) is 0 Å². The highest BCUT2D eigenvalue weighted by molar-refractivity contribution is 5.95. The average Bonchev–Trinajstić information content (AvgIpc) is 2.41. The second kappa shape index (κ2) is 7.69. The lowest BCUT2D eigenvalue weighted by molar-refractivity contribution is 0.0526. The number of likely N-dealkylation sites (N-methyl/N-ethyl adjacent to an activating group) is 1. The molecule has 1 heterocycles. The number of hydrogen-bond donors (Lipinski definition) is 1. The number of nitrogen functional groups attached to an aromatic ring is 1. The standard InChI is InChI=1S/C14H23N3O3/c1-5-17(10(3)9-19-4)13-12(14(18)20-6-2)7-11(15)8-16-13/h7-8,10H,5-6,9,15H2,1-4H3. The number of anilines is 2. The Balaban J connectivity index is 3.17. The van der Waals surface area contributed by atoms with Crippen molar-refractivity contribution in [2.24, 2.45) is 0 Å². The quantitative estimate of drug-likeness (QED) is 0.766. The molecule has 1 aromatic heterocycles. The smallest absolute Gasteiger partial charge is 0.341 e. The minimum atomic E-state index is -0.412. The largest absolute Gasteiger partial charge is 0.462 e. The van der Waals surface area contributed by atoms with Gasteiger partial charge in [0.2, 0.25) is 0 Å². The lowest BCUT2D eigenvalue weighted by Crippen LogP contribution is -2.38. The number of nitrogens with zero attached hydrogens (tertiary/aromatic N) is 2. The molecule has 112 valence electrons. The number of nitrogens with two attached hydrogens (primary N) is 1. The first-order valence-corrected chi connectivity index (χ1v) is 6.73. The van der Waals surface area contributed by atoms with Gasteiger partial charge in [-0.25, -0.2) is 9.78 Å². The van der Waals surface area contributed by atoms with Gasteiger partial charge in [-0.3, -0.25) is 0 Å². The van der Waals surface area contributed by atoms with Gasteiger partial charge in [-0.05, 0) is 26.8 Å². The third-order valence-electron chi connectivity index (χ3n) is 2.94. The highest BCUT2D eigenvalue weighted by Crippen LogP contribution is 2.23. The molecule has 1 unspecified atom stereocenters. The maximum Gasteiger partial charge on any atom is 0.341 e. The van der Waals surface area contributed by atoms with E-state index >= 15 is 0 Å². The normalized spacial score (nSPS) is 12.0. The second-order valence-electron chi connectivity index (χ2n) is 4.45. The van der Waals surface area contributed by atoms with E-state index in [4.69, 9.17) is 15.2 Å². The van der Waals surface area contributed by atoms with E-state index in [2.05, 4.69) is 4.98 Å². The van der Waals surface area contributed by atoms with E-state index in [1.54, 1.807) is 26.3 Å². The molecule has 0 saturated carbocycles. The summed E-state index contributed by atoms with van der Waals surface area (Å²) < 4.78 is 10.2. The van der Waals surface area contributed by atoms with Crippen molar-refractivity contribution in [2.45, 2.75) is 26.8 Å². The van der Waals surface area contributed by atoms with Gasteiger partial charge in [0.05, 0.1) is 31.1 Å². The van der Waals surface area contributed by atoms with Crippen molar-refractivity contribution >= 4 is 17.5 Å². The lowest BCUT2D eigenvalue weighted by atomic mass is 10.2. The number of carbonyl (C=O) groups excluding carboxylic acids is 1. The molecule has 0 spiro atoms. The molecule has 1 aromatic rings. The molecule has 1 rings (SSSR count). The first kappa shape index (κ1) is 16.2. The number of carbonyl (C=O) groups is 1. The van der Waals surface area contributed by atoms with Crippen LogP contribution in [0.25, 0.3) is 0 Å². The molecule has 0 bridgehead atoms. The molecule has 0 aliphatic rings. The second-order valence-corrected chi connectivity index (χ2v) is 4.45. The minimum Gasteiger partial charge on any atom is -0.462 e. The van der Waals surface area contributed by atoms with Gasteiger partial charge in [-0.15, -0.1) is 0 Å². The number of rotatable bonds is 7. The van der Waals surface area contributed by atoms with E-state index in [0.717, 1.165) is 0 Å². The summed E-state index contributed by atoms with van der Waals surface area (Å²) in [5.41, 5.74) is 6.55. The first-order chi connectivity index (χ1) is 9.54. The summed E-state index contributed by atoms with van der Waals surface area (Å²) >= 11 is 0. The summed E-state index contributed by atoms with van der Waals surface area (Å²) in [6.45, 7) is 7.34. The van der Waals surface area contributed by atoms with Crippen LogP contribution < -0.4 is 10.6 Å². The van der Waals surface area contributed by atoms with Crippen molar-refractivity contribution in [3.05, 3.63) is 17.8 Å². The number of ether oxygens (including phenoxy) is 2. The number of methoxy groups -OCH3 is 1. The van der Waals surface area contributed by atoms with Crippen LogP contribution in [-0.2, 0) is 9.47 Å². The molecule has 1 atom stereocenters. The van der Waals surface area contributed by atoms with E-state index in [9.17, 15) is 4.79 Å². The van der Waals surface area contributed by atoms with Gasteiger partial charge in [0.15, 0.2) is 0 Å². The molecular formula is C14H23N3O3. The lowest BCUT2D eigenvalue weighted by Gasteiger charge is -2.29. The van der Waals surface area contributed by atoms with Crippen LogP contribution in [-0.4, -0.2) is 43.9 Å². The molecule has 6 nitrogen and oxygen atoms in total. The van der Waals surface area contributed by atoms with Crippen LogP contribution in [0.15, 0.2) is 12.3 Å². The number of hydrogen-bond acceptors (Lipinski definition) is 6. The number of pyridine rings is 1. The molecule has 0 aromatic carbocycles. The minimum absolute atomic E-state index is 0.0919. The Morgan fingerprint density at radius 2 is 2.20 bits per heavy atom. The van der Waals surface area contributed by atoms with E-state index < -0.39 is 5.97 Å². The third-order valence-corrected chi connectivity index (χ3v) is 2.94. The molecule has 0 radical (unpaired) electrons. The number of esters is 1. The summed E-state index contributed by atoms with van der Waals surface area (Å²) in [7, 11) is 1.65. The highest BCUT2D eigenvalue weighted by Gasteiger charge is 2.22. The fourth-order valence-corrected chi connectivity index (χ4v) is 2.06. The maximum absolute atomic E-state index is 12.0. The summed E-state index contributed by atoms with van der Waals surface area (Å²) in [4.78, 5) is 18.3. The maximum atomic E-state index is 12.0. The Hall–Kier alpha value is -1.82. The predicted molar refractivity (Wildman–Crippen MR) is 79.0 cm³/mol. The Morgan fingerprint density at radius 3 is 2.75 bits per heavy atom. The zero-order valence-corrected chi connectivity index (χ0v) is 12.5. The van der Waals surface area contributed by atoms with E-state index in [0.29, 0.717) is 36.8 Å². The molecule has 20 heavy (non-hydrogen) atoms. The molecular weight excluding hydrogens is 258 g/mol. The van der Waals surface area contributed by atoms with E-state index in [-0.39, 0.29) is 6.04 Å². The summed E-state index contributed by atoms with van der Waals surface area (Å²) in [5.74, 6) is 0.162. The molecule has 0 aliphatic carbocycles. The van der Waals surface area contributed by atoms with Crippen LogP contribution in [0.5, 0.6) is 0 Å². The van der Waals surface area contributed by atoms with Crippen LogP contribution in [0.3, 0.4) is 0 Å². The SMILES string of the molecule is CCOC(=O)c1cc(N)cnc1N(CC)C(C)COC. The topological polar surface area (TPSA) is 77.7 Å². The molecule has 2 N–H and O–H groups in total. The van der Waals surface area contributed by atoms with Crippen LogP contribution in [0.1, 0.15) is 31.1 Å². The van der Waals surface area contributed by atoms with Gasteiger partial charge in [0.1, 0.15) is 11.4 Å². The van der Waals surface area contributed by atoms with E-state index in [1.165, 1.54) is 0 Å². The van der Waals surface area contributed by atoms with Crippen molar-refractivity contribution in [3.8, 4) is 0 Å². The van der Waals surface area contributed by atoms with Crippen molar-refractivity contribution in [3.63, 3.8) is 0 Å². The third kappa shape index (κ3) is 3.84. The fourth-order valence-electron chi connectivity index (χ4n) is 2.06. The molecule has 0 saturated heterocycles. The number of aromatic nitrogens is 1. The monoisotopic (exact) mass is 281 g/mol. The van der Waals surface area contributed by atoms with Gasteiger partial charge in [-0.1, -0.05) is 0 Å². The fraction of sp³-hybridized carbons (Fsp3) is 0.571. The van der Waals surface area contributed by atoms with Crippen LogP contribution in [0.4, 0.5) is 11.5 Å². The Morgan fingerprint density at radius 1 is 1.50 bits per heavy atom. The van der Waals surface area contributed by atoms with Crippen molar-refractivity contribution in [1.82, 2.24) is 4.98 Å².